The van der Waals surface area contributed by atoms with Gasteiger partial charge in [0.15, 0.2) is 0 Å². The zero-order valence-corrected chi connectivity index (χ0v) is 11.7. The summed E-state index contributed by atoms with van der Waals surface area (Å²) in [5, 5.41) is 10.5. The fourth-order valence-corrected chi connectivity index (χ4v) is 3.57. The highest BCUT2D eigenvalue weighted by Gasteiger charge is 2.19. The monoisotopic (exact) mass is 296 g/mol. The van der Waals surface area contributed by atoms with Crippen molar-refractivity contribution in [3.8, 4) is 0 Å². The first-order chi connectivity index (χ1) is 9.46. The number of sulfonamides is 1. The summed E-state index contributed by atoms with van der Waals surface area (Å²) in [4.78, 5) is 10.0. The Bertz CT molecular complexity index is 608. The molecule has 0 aromatic heterocycles. The molecule has 0 radical (unpaired) electrons. The first-order valence-electron chi connectivity index (χ1n) is 6.34. The maximum Gasteiger partial charge on any atom is 0.269 e. The normalized spacial score (nSPS) is 18.9. The lowest BCUT2D eigenvalue weighted by Gasteiger charge is -2.19. The van der Waals surface area contributed by atoms with Crippen LogP contribution in [-0.4, -0.2) is 19.4 Å². The SMILES string of the molecule is O=[N+]([O-])c1ccc(CS(=O)(=O)N[C@H]2CC=CCC2)cc1. The molecule has 1 aliphatic rings. The van der Waals surface area contributed by atoms with E-state index >= 15 is 0 Å². The number of hydrogen-bond acceptors (Lipinski definition) is 4. The number of hydrogen-bond donors (Lipinski definition) is 1. The van der Waals surface area contributed by atoms with Gasteiger partial charge in [-0.3, -0.25) is 10.1 Å². The van der Waals surface area contributed by atoms with E-state index in [9.17, 15) is 18.5 Å². The Labute approximate surface area is 117 Å². The van der Waals surface area contributed by atoms with Crippen molar-refractivity contribution in [2.75, 3.05) is 0 Å². The Hall–Kier alpha value is -1.73. The molecule has 0 spiro atoms. The van der Waals surface area contributed by atoms with Crippen molar-refractivity contribution in [1.29, 1.82) is 0 Å². The van der Waals surface area contributed by atoms with Gasteiger partial charge in [0.2, 0.25) is 10.0 Å². The number of allylic oxidation sites excluding steroid dienone is 1. The molecule has 7 heteroatoms. The zero-order chi connectivity index (χ0) is 14.6. The van der Waals surface area contributed by atoms with E-state index in [4.69, 9.17) is 0 Å². The summed E-state index contributed by atoms with van der Waals surface area (Å²) >= 11 is 0. The molecule has 0 aliphatic heterocycles. The summed E-state index contributed by atoms with van der Waals surface area (Å²) in [6.07, 6.45) is 6.41. The first kappa shape index (κ1) is 14.7. The van der Waals surface area contributed by atoms with Gasteiger partial charge in [-0.2, -0.15) is 0 Å². The largest absolute Gasteiger partial charge is 0.269 e. The number of nitro groups is 1. The molecule has 1 atom stereocenters. The van der Waals surface area contributed by atoms with Crippen LogP contribution in [0.3, 0.4) is 0 Å². The van der Waals surface area contributed by atoms with Crippen LogP contribution in [0.4, 0.5) is 5.69 Å². The molecular weight excluding hydrogens is 280 g/mol. The third-order valence-corrected chi connectivity index (χ3v) is 4.52. The van der Waals surface area contributed by atoms with Crippen LogP contribution in [0.1, 0.15) is 24.8 Å². The Morgan fingerprint density at radius 2 is 1.95 bits per heavy atom. The highest BCUT2D eigenvalue weighted by Crippen LogP contribution is 2.16. The van der Waals surface area contributed by atoms with Gasteiger partial charge in [-0.05, 0) is 24.8 Å². The topological polar surface area (TPSA) is 89.3 Å². The first-order valence-corrected chi connectivity index (χ1v) is 8.00. The molecule has 6 nitrogen and oxygen atoms in total. The minimum absolute atomic E-state index is 0.0449. The molecule has 0 amide bonds. The van der Waals surface area contributed by atoms with E-state index in [1.54, 1.807) is 0 Å². The van der Waals surface area contributed by atoms with Crippen LogP contribution in [0.5, 0.6) is 0 Å². The summed E-state index contributed by atoms with van der Waals surface area (Å²) in [5.41, 5.74) is 0.492. The molecule has 2 rings (SSSR count). The number of nitrogens with one attached hydrogen (secondary N) is 1. The van der Waals surface area contributed by atoms with E-state index in [1.165, 1.54) is 24.3 Å². The molecule has 0 unspecified atom stereocenters. The van der Waals surface area contributed by atoms with E-state index in [0.29, 0.717) is 12.0 Å². The molecule has 1 aromatic rings. The zero-order valence-electron chi connectivity index (χ0n) is 10.9. The maximum absolute atomic E-state index is 12.0. The molecule has 0 heterocycles. The van der Waals surface area contributed by atoms with Crippen LogP contribution in [0, 0.1) is 10.1 Å². The minimum Gasteiger partial charge on any atom is -0.258 e. The molecule has 20 heavy (non-hydrogen) atoms. The van der Waals surface area contributed by atoms with Gasteiger partial charge in [-0.1, -0.05) is 24.3 Å². The van der Waals surface area contributed by atoms with Gasteiger partial charge in [-0.15, -0.1) is 0 Å². The molecule has 1 aromatic carbocycles. The molecule has 1 N–H and O–H groups in total. The minimum atomic E-state index is -3.42. The van der Waals surface area contributed by atoms with Gasteiger partial charge in [0.25, 0.3) is 5.69 Å². The van der Waals surface area contributed by atoms with Crippen molar-refractivity contribution >= 4 is 15.7 Å². The van der Waals surface area contributed by atoms with Crippen molar-refractivity contribution in [2.45, 2.75) is 31.1 Å². The predicted molar refractivity (Wildman–Crippen MR) is 75.6 cm³/mol. The van der Waals surface area contributed by atoms with E-state index < -0.39 is 14.9 Å². The summed E-state index contributed by atoms with van der Waals surface area (Å²) in [6, 6.07) is 5.52. The smallest absolute Gasteiger partial charge is 0.258 e. The average Bonchev–Trinajstić information content (AvgIpc) is 2.39. The second-order valence-corrected chi connectivity index (χ2v) is 6.54. The number of nitrogens with zero attached hydrogens (tertiary/aromatic N) is 1. The molecule has 108 valence electrons. The Kier molecular flexibility index (Phi) is 4.51. The standard InChI is InChI=1S/C13H16N2O4S/c16-15(17)13-8-6-11(7-9-13)10-20(18,19)14-12-4-2-1-3-5-12/h1-2,6-9,12,14H,3-5,10H2/t12-/m0/s1. The maximum atomic E-state index is 12.0. The fraction of sp³-hybridized carbons (Fsp3) is 0.385. The van der Waals surface area contributed by atoms with Gasteiger partial charge in [0.05, 0.1) is 10.7 Å². The second kappa shape index (κ2) is 6.15. The Morgan fingerprint density at radius 1 is 1.25 bits per heavy atom. The van der Waals surface area contributed by atoms with Gasteiger partial charge in [0.1, 0.15) is 0 Å². The van der Waals surface area contributed by atoms with Gasteiger partial charge >= 0.3 is 0 Å². The van der Waals surface area contributed by atoms with E-state index in [-0.39, 0.29) is 17.5 Å². The third kappa shape index (κ3) is 4.14. The summed E-state index contributed by atoms with van der Waals surface area (Å²) < 4.78 is 26.7. The van der Waals surface area contributed by atoms with E-state index in [2.05, 4.69) is 4.72 Å². The van der Waals surface area contributed by atoms with Gasteiger partial charge < -0.3 is 0 Å². The number of non-ortho nitro benzene ring substituents is 1. The molecular formula is C13H16N2O4S. The number of rotatable bonds is 5. The van der Waals surface area contributed by atoms with Crippen LogP contribution in [-0.2, 0) is 15.8 Å². The highest BCUT2D eigenvalue weighted by molar-refractivity contribution is 7.88. The van der Waals surface area contributed by atoms with Gasteiger partial charge in [0, 0.05) is 18.2 Å². The molecule has 0 saturated heterocycles. The fourth-order valence-electron chi connectivity index (χ4n) is 2.13. The van der Waals surface area contributed by atoms with E-state index in [1.807, 2.05) is 12.2 Å². The van der Waals surface area contributed by atoms with Crippen molar-refractivity contribution in [3.63, 3.8) is 0 Å². The average molecular weight is 296 g/mol. The number of benzene rings is 1. The van der Waals surface area contributed by atoms with Crippen molar-refractivity contribution in [3.05, 3.63) is 52.1 Å². The van der Waals surface area contributed by atoms with Crippen LogP contribution < -0.4 is 4.72 Å². The number of nitro benzene ring substituents is 1. The molecule has 0 bridgehead atoms. The lowest BCUT2D eigenvalue weighted by Crippen LogP contribution is -2.36. The molecule has 0 fully saturated rings. The van der Waals surface area contributed by atoms with Crippen LogP contribution in [0.15, 0.2) is 36.4 Å². The van der Waals surface area contributed by atoms with Crippen LogP contribution >= 0.6 is 0 Å². The quantitative estimate of drug-likeness (QED) is 0.512. The summed E-state index contributed by atoms with van der Waals surface area (Å²) in [5.74, 6) is -0.161. The van der Waals surface area contributed by atoms with E-state index in [0.717, 1.165) is 12.8 Å². The lowest BCUT2D eigenvalue weighted by atomic mass is 10.0. The predicted octanol–water partition coefficient (Wildman–Crippen LogP) is 2.12. The van der Waals surface area contributed by atoms with Crippen molar-refractivity contribution in [2.24, 2.45) is 0 Å². The van der Waals surface area contributed by atoms with Crippen LogP contribution in [0.25, 0.3) is 0 Å². The third-order valence-electron chi connectivity index (χ3n) is 3.12. The second-order valence-electron chi connectivity index (χ2n) is 4.78. The Morgan fingerprint density at radius 3 is 2.50 bits per heavy atom. The Balaban J connectivity index is 2.00. The van der Waals surface area contributed by atoms with Crippen LogP contribution in [0.2, 0.25) is 0 Å². The van der Waals surface area contributed by atoms with Crippen molar-refractivity contribution < 1.29 is 13.3 Å². The summed E-state index contributed by atoms with van der Waals surface area (Å²) in [7, 11) is -3.42. The van der Waals surface area contributed by atoms with Crippen molar-refractivity contribution in [1.82, 2.24) is 4.72 Å². The lowest BCUT2D eigenvalue weighted by molar-refractivity contribution is -0.384. The summed E-state index contributed by atoms with van der Waals surface area (Å²) in [6.45, 7) is 0. The molecule has 1 aliphatic carbocycles. The molecule has 0 saturated carbocycles. The highest BCUT2D eigenvalue weighted by atomic mass is 32.2. The van der Waals surface area contributed by atoms with Gasteiger partial charge in [-0.25, -0.2) is 13.1 Å².